The molecule has 0 aliphatic rings. The van der Waals surface area contributed by atoms with Gasteiger partial charge in [-0.3, -0.25) is 4.79 Å². The van der Waals surface area contributed by atoms with Gasteiger partial charge in [0.25, 0.3) is 5.91 Å². The van der Waals surface area contributed by atoms with Crippen LogP contribution in [-0.2, 0) is 0 Å². The molecular weight excluding hydrogens is 318 g/mol. The molecule has 0 fully saturated rings. The number of likely N-dealkylation sites (N-methyl/N-ethyl adjacent to an activating group) is 1. The zero-order valence-electron chi connectivity index (χ0n) is 14.2. The number of hydrogen-bond acceptors (Lipinski definition) is 5. The number of carbonyl (C=O) groups is 1. The first-order chi connectivity index (χ1) is 12.1. The second-order valence-corrected chi connectivity index (χ2v) is 5.65. The maximum Gasteiger partial charge on any atom is 0.253 e. The number of aryl methyl sites for hydroxylation is 1. The molecule has 0 bridgehead atoms. The van der Waals surface area contributed by atoms with E-state index in [0.29, 0.717) is 18.7 Å². The van der Waals surface area contributed by atoms with Crippen molar-refractivity contribution in [1.82, 2.24) is 25.1 Å². The van der Waals surface area contributed by atoms with Gasteiger partial charge in [0, 0.05) is 12.6 Å². The van der Waals surface area contributed by atoms with E-state index in [1.807, 2.05) is 43.3 Å². The molecule has 0 atom stereocenters. The average Bonchev–Trinajstić information content (AvgIpc) is 3.17. The van der Waals surface area contributed by atoms with E-state index < -0.39 is 0 Å². The summed E-state index contributed by atoms with van der Waals surface area (Å²) in [5.41, 5.74) is 2.39. The summed E-state index contributed by atoms with van der Waals surface area (Å²) in [6, 6.07) is 15.0. The first-order valence-electron chi connectivity index (χ1n) is 7.92. The Bertz CT molecular complexity index is 848. The monoisotopic (exact) mass is 337 g/mol. The van der Waals surface area contributed by atoms with E-state index >= 15 is 0 Å². The van der Waals surface area contributed by atoms with Crippen LogP contribution in [0.1, 0.15) is 15.9 Å². The lowest BCUT2D eigenvalue weighted by Gasteiger charge is -2.18. The quantitative estimate of drug-likeness (QED) is 0.689. The molecule has 1 heterocycles. The fraction of sp³-hybridized carbons (Fsp3) is 0.222. The van der Waals surface area contributed by atoms with Crippen molar-refractivity contribution in [2.24, 2.45) is 0 Å². The van der Waals surface area contributed by atoms with Gasteiger partial charge in [0.05, 0.1) is 12.2 Å². The number of ether oxygens (including phenoxy) is 1. The fourth-order valence-electron chi connectivity index (χ4n) is 2.39. The number of para-hydroxylation sites is 1. The summed E-state index contributed by atoms with van der Waals surface area (Å²) in [6.45, 7) is 2.91. The molecule has 0 radical (unpaired) electrons. The number of nitrogens with zero attached hydrogens (tertiary/aromatic N) is 5. The molecule has 0 N–H and O–H groups in total. The minimum atomic E-state index is -0.0803. The van der Waals surface area contributed by atoms with Crippen LogP contribution in [0, 0.1) is 6.92 Å². The van der Waals surface area contributed by atoms with Gasteiger partial charge in [0.15, 0.2) is 0 Å². The van der Waals surface area contributed by atoms with Crippen LogP contribution in [0.25, 0.3) is 5.69 Å². The van der Waals surface area contributed by atoms with E-state index in [0.717, 1.165) is 17.0 Å². The van der Waals surface area contributed by atoms with E-state index in [1.54, 1.807) is 24.1 Å². The topological polar surface area (TPSA) is 73.1 Å². The Morgan fingerprint density at radius 1 is 1.20 bits per heavy atom. The van der Waals surface area contributed by atoms with Crippen molar-refractivity contribution in [2.45, 2.75) is 6.92 Å². The highest BCUT2D eigenvalue weighted by atomic mass is 16.5. The second kappa shape index (κ2) is 7.57. The summed E-state index contributed by atoms with van der Waals surface area (Å²) in [5.74, 6) is 0.757. The van der Waals surface area contributed by atoms with Crippen molar-refractivity contribution >= 4 is 5.91 Å². The summed E-state index contributed by atoms with van der Waals surface area (Å²) in [4.78, 5) is 14.2. The highest BCUT2D eigenvalue weighted by Gasteiger charge is 2.13. The number of aromatic nitrogens is 4. The highest BCUT2D eigenvalue weighted by molar-refractivity contribution is 5.94. The predicted octanol–water partition coefficient (Wildman–Crippen LogP) is 2.12. The third-order valence-electron chi connectivity index (χ3n) is 3.83. The van der Waals surface area contributed by atoms with E-state index in [2.05, 4.69) is 15.5 Å². The number of hydrogen-bond donors (Lipinski definition) is 0. The van der Waals surface area contributed by atoms with Crippen LogP contribution in [0.15, 0.2) is 54.9 Å². The molecule has 1 aromatic heterocycles. The van der Waals surface area contributed by atoms with E-state index in [4.69, 9.17) is 4.74 Å². The minimum absolute atomic E-state index is 0.0803. The highest BCUT2D eigenvalue weighted by Crippen LogP contribution is 2.16. The van der Waals surface area contributed by atoms with Crippen LogP contribution < -0.4 is 4.74 Å². The van der Waals surface area contributed by atoms with Gasteiger partial charge < -0.3 is 9.64 Å². The minimum Gasteiger partial charge on any atom is -0.491 e. The van der Waals surface area contributed by atoms with Crippen molar-refractivity contribution in [3.8, 4) is 11.4 Å². The second-order valence-electron chi connectivity index (χ2n) is 5.65. The number of amides is 1. The molecule has 0 aliphatic heterocycles. The van der Waals surface area contributed by atoms with Gasteiger partial charge in [-0.15, -0.1) is 5.10 Å². The maximum atomic E-state index is 12.6. The van der Waals surface area contributed by atoms with Gasteiger partial charge in [-0.1, -0.05) is 24.3 Å². The lowest BCUT2D eigenvalue weighted by Crippen LogP contribution is -2.31. The number of tetrazole rings is 1. The largest absolute Gasteiger partial charge is 0.491 e. The third-order valence-corrected chi connectivity index (χ3v) is 3.83. The lowest BCUT2D eigenvalue weighted by atomic mass is 10.2. The van der Waals surface area contributed by atoms with Crippen LogP contribution in [0.3, 0.4) is 0 Å². The van der Waals surface area contributed by atoms with Crippen molar-refractivity contribution in [3.05, 3.63) is 66.0 Å². The molecule has 128 valence electrons. The first kappa shape index (κ1) is 16.6. The average molecular weight is 337 g/mol. The molecule has 7 nitrogen and oxygen atoms in total. The van der Waals surface area contributed by atoms with Gasteiger partial charge in [0.2, 0.25) is 0 Å². The summed E-state index contributed by atoms with van der Waals surface area (Å²) in [5, 5.41) is 11.0. The predicted molar refractivity (Wildman–Crippen MR) is 92.8 cm³/mol. The smallest absolute Gasteiger partial charge is 0.253 e. The molecule has 0 saturated carbocycles. The van der Waals surface area contributed by atoms with Gasteiger partial charge >= 0.3 is 0 Å². The molecule has 25 heavy (non-hydrogen) atoms. The maximum absolute atomic E-state index is 12.6. The van der Waals surface area contributed by atoms with Crippen LogP contribution in [0.5, 0.6) is 5.75 Å². The van der Waals surface area contributed by atoms with E-state index in [-0.39, 0.29) is 5.91 Å². The van der Waals surface area contributed by atoms with Gasteiger partial charge in [0.1, 0.15) is 18.7 Å². The normalized spacial score (nSPS) is 10.5. The van der Waals surface area contributed by atoms with Gasteiger partial charge in [-0.05, 0) is 47.2 Å². The first-order valence-corrected chi connectivity index (χ1v) is 7.92. The van der Waals surface area contributed by atoms with Crippen molar-refractivity contribution in [1.29, 1.82) is 0 Å². The molecule has 0 saturated heterocycles. The van der Waals surface area contributed by atoms with E-state index in [9.17, 15) is 4.79 Å². The number of carbonyl (C=O) groups excluding carboxylic acids is 1. The van der Waals surface area contributed by atoms with Crippen LogP contribution in [0.4, 0.5) is 0 Å². The summed E-state index contributed by atoms with van der Waals surface area (Å²) in [7, 11) is 1.76. The zero-order valence-corrected chi connectivity index (χ0v) is 14.2. The Balaban J connectivity index is 1.61. The standard InChI is InChI=1S/C18H19N5O2/c1-14-6-3-4-9-17(14)25-11-10-22(2)18(24)15-7-5-8-16(12-15)23-13-19-20-21-23/h3-9,12-13H,10-11H2,1-2H3. The lowest BCUT2D eigenvalue weighted by molar-refractivity contribution is 0.0773. The SMILES string of the molecule is Cc1ccccc1OCCN(C)C(=O)c1cccc(-n2cnnn2)c1. The molecule has 2 aromatic carbocycles. The van der Waals surface area contributed by atoms with Crippen LogP contribution in [0.2, 0.25) is 0 Å². The molecule has 0 aliphatic carbocycles. The van der Waals surface area contributed by atoms with Crippen molar-refractivity contribution in [3.63, 3.8) is 0 Å². The van der Waals surface area contributed by atoms with Crippen LogP contribution >= 0.6 is 0 Å². The molecule has 3 rings (SSSR count). The Morgan fingerprint density at radius 2 is 2.04 bits per heavy atom. The Morgan fingerprint density at radius 3 is 2.80 bits per heavy atom. The number of benzene rings is 2. The molecule has 0 spiro atoms. The van der Waals surface area contributed by atoms with Crippen molar-refractivity contribution in [2.75, 3.05) is 20.2 Å². The third kappa shape index (κ3) is 4.00. The van der Waals surface area contributed by atoms with Gasteiger partial charge in [-0.2, -0.15) is 0 Å². The number of rotatable bonds is 6. The fourth-order valence-corrected chi connectivity index (χ4v) is 2.39. The summed E-state index contributed by atoms with van der Waals surface area (Å²) < 4.78 is 7.26. The zero-order chi connectivity index (χ0) is 17.6. The Labute approximate surface area is 145 Å². The molecular formula is C18H19N5O2. The summed E-state index contributed by atoms with van der Waals surface area (Å²) >= 11 is 0. The van der Waals surface area contributed by atoms with Crippen molar-refractivity contribution < 1.29 is 9.53 Å². The molecule has 7 heteroatoms. The van der Waals surface area contributed by atoms with E-state index in [1.165, 1.54) is 11.0 Å². The molecule has 1 amide bonds. The van der Waals surface area contributed by atoms with Crippen LogP contribution in [-0.4, -0.2) is 51.2 Å². The molecule has 3 aromatic rings. The molecule has 0 unspecified atom stereocenters. The summed E-state index contributed by atoms with van der Waals surface area (Å²) in [6.07, 6.45) is 1.49. The Hall–Kier alpha value is -3.22. The Kier molecular flexibility index (Phi) is 5.03. The van der Waals surface area contributed by atoms with Gasteiger partial charge in [-0.25, -0.2) is 4.68 Å².